The monoisotopic (exact) mass is 228 g/mol. The van der Waals surface area contributed by atoms with Crippen LogP contribution < -0.4 is 11.1 Å². The molecule has 3 unspecified atom stereocenters. The molecule has 0 aromatic rings. The Morgan fingerprint density at radius 3 is 2.62 bits per heavy atom. The molecular formula is C12H24N2O2. The second-order valence-electron chi connectivity index (χ2n) is 5.08. The Hall–Kier alpha value is -0.610. The highest BCUT2D eigenvalue weighted by atomic mass is 16.5. The van der Waals surface area contributed by atoms with E-state index in [1.807, 2.05) is 0 Å². The quantitative estimate of drug-likeness (QED) is 0.735. The van der Waals surface area contributed by atoms with Crippen molar-refractivity contribution < 1.29 is 9.53 Å². The third-order valence-corrected chi connectivity index (χ3v) is 3.32. The third kappa shape index (κ3) is 3.76. The van der Waals surface area contributed by atoms with E-state index in [0.29, 0.717) is 12.5 Å². The minimum absolute atomic E-state index is 0.105. The van der Waals surface area contributed by atoms with Gasteiger partial charge in [-0.3, -0.25) is 4.79 Å². The zero-order valence-corrected chi connectivity index (χ0v) is 10.5. The Bertz CT molecular complexity index is 231. The largest absolute Gasteiger partial charge is 0.383 e. The maximum Gasteiger partial charge on any atom is 0.223 e. The van der Waals surface area contributed by atoms with Crippen molar-refractivity contribution in [3.63, 3.8) is 0 Å². The first-order chi connectivity index (χ1) is 7.54. The van der Waals surface area contributed by atoms with Crippen LogP contribution in [0.15, 0.2) is 0 Å². The first-order valence-electron chi connectivity index (χ1n) is 6.09. The van der Waals surface area contributed by atoms with Crippen LogP contribution in [0.2, 0.25) is 0 Å². The summed E-state index contributed by atoms with van der Waals surface area (Å²) in [5.41, 5.74) is 5.81. The fourth-order valence-corrected chi connectivity index (χ4v) is 2.14. The average Bonchev–Trinajstić information content (AvgIpc) is 2.64. The number of amides is 1. The average molecular weight is 228 g/mol. The summed E-state index contributed by atoms with van der Waals surface area (Å²) in [7, 11) is 1.66. The van der Waals surface area contributed by atoms with Gasteiger partial charge in [0.05, 0.1) is 12.6 Å². The molecule has 3 N–H and O–H groups in total. The molecular weight excluding hydrogens is 204 g/mol. The molecule has 1 aliphatic carbocycles. The normalized spacial score (nSPS) is 27.1. The number of carbonyl (C=O) groups excluding carboxylic acids is 1. The van der Waals surface area contributed by atoms with E-state index < -0.39 is 0 Å². The number of rotatable bonds is 5. The molecule has 0 aromatic carbocycles. The fraction of sp³-hybridized carbons (Fsp3) is 0.917. The van der Waals surface area contributed by atoms with E-state index in [1.54, 1.807) is 7.11 Å². The SMILES string of the molecule is COCC(NC(=O)C1CCC(N)C1)C(C)C. The van der Waals surface area contributed by atoms with Crippen molar-refractivity contribution in [3.05, 3.63) is 0 Å². The fourth-order valence-electron chi connectivity index (χ4n) is 2.14. The van der Waals surface area contributed by atoms with E-state index in [4.69, 9.17) is 10.5 Å². The maximum absolute atomic E-state index is 12.0. The van der Waals surface area contributed by atoms with Gasteiger partial charge >= 0.3 is 0 Å². The summed E-state index contributed by atoms with van der Waals surface area (Å²) in [5.74, 6) is 0.635. The van der Waals surface area contributed by atoms with Gasteiger partial charge in [-0.05, 0) is 25.2 Å². The number of carbonyl (C=O) groups is 1. The first kappa shape index (κ1) is 13.5. The van der Waals surface area contributed by atoms with Crippen LogP contribution in [0.5, 0.6) is 0 Å². The molecule has 4 nitrogen and oxygen atoms in total. The zero-order valence-electron chi connectivity index (χ0n) is 10.5. The van der Waals surface area contributed by atoms with Crippen LogP contribution >= 0.6 is 0 Å². The van der Waals surface area contributed by atoms with Gasteiger partial charge in [-0.1, -0.05) is 13.8 Å². The van der Waals surface area contributed by atoms with Crippen molar-refractivity contribution in [2.45, 2.75) is 45.2 Å². The van der Waals surface area contributed by atoms with Crippen molar-refractivity contribution in [3.8, 4) is 0 Å². The van der Waals surface area contributed by atoms with E-state index in [0.717, 1.165) is 19.3 Å². The molecule has 1 fully saturated rings. The second kappa shape index (κ2) is 6.21. The van der Waals surface area contributed by atoms with Crippen molar-refractivity contribution in [1.82, 2.24) is 5.32 Å². The maximum atomic E-state index is 12.0. The summed E-state index contributed by atoms with van der Waals surface area (Å²) in [4.78, 5) is 12.0. The van der Waals surface area contributed by atoms with Crippen LogP contribution in [-0.2, 0) is 9.53 Å². The molecule has 0 bridgehead atoms. The number of hydrogen-bond donors (Lipinski definition) is 2. The minimum Gasteiger partial charge on any atom is -0.383 e. The van der Waals surface area contributed by atoms with E-state index in [-0.39, 0.29) is 23.9 Å². The number of ether oxygens (including phenoxy) is 1. The van der Waals surface area contributed by atoms with Gasteiger partial charge in [0.2, 0.25) is 5.91 Å². The highest BCUT2D eigenvalue weighted by Crippen LogP contribution is 2.24. The van der Waals surface area contributed by atoms with Crippen LogP contribution in [0.3, 0.4) is 0 Å². The van der Waals surface area contributed by atoms with Crippen molar-refractivity contribution in [2.75, 3.05) is 13.7 Å². The van der Waals surface area contributed by atoms with Crippen LogP contribution in [-0.4, -0.2) is 31.7 Å². The molecule has 0 spiro atoms. The lowest BCUT2D eigenvalue weighted by Crippen LogP contribution is -2.44. The summed E-state index contributed by atoms with van der Waals surface area (Å²) >= 11 is 0. The van der Waals surface area contributed by atoms with Crippen molar-refractivity contribution >= 4 is 5.91 Å². The smallest absolute Gasteiger partial charge is 0.223 e. The van der Waals surface area contributed by atoms with Crippen molar-refractivity contribution in [1.29, 1.82) is 0 Å². The Kier molecular flexibility index (Phi) is 5.22. The topological polar surface area (TPSA) is 64.3 Å². The molecule has 0 saturated heterocycles. The molecule has 0 aromatic heterocycles. The lowest BCUT2D eigenvalue weighted by atomic mass is 10.0. The van der Waals surface area contributed by atoms with Crippen LogP contribution in [0.1, 0.15) is 33.1 Å². The standard InChI is InChI=1S/C12H24N2O2/c1-8(2)11(7-16-3)14-12(15)9-4-5-10(13)6-9/h8-11H,4-7,13H2,1-3H3,(H,14,15). The zero-order chi connectivity index (χ0) is 12.1. The second-order valence-corrected chi connectivity index (χ2v) is 5.08. The minimum atomic E-state index is 0.105. The molecule has 94 valence electrons. The van der Waals surface area contributed by atoms with Gasteiger partial charge in [0.1, 0.15) is 0 Å². The number of methoxy groups -OCH3 is 1. The van der Waals surface area contributed by atoms with E-state index in [9.17, 15) is 4.79 Å². The van der Waals surface area contributed by atoms with E-state index >= 15 is 0 Å². The van der Waals surface area contributed by atoms with E-state index in [2.05, 4.69) is 19.2 Å². The Morgan fingerprint density at radius 2 is 2.19 bits per heavy atom. The molecule has 0 heterocycles. The summed E-state index contributed by atoms with van der Waals surface area (Å²) < 4.78 is 5.11. The summed E-state index contributed by atoms with van der Waals surface area (Å²) in [5, 5.41) is 3.06. The van der Waals surface area contributed by atoms with Crippen LogP contribution in [0, 0.1) is 11.8 Å². The molecule has 16 heavy (non-hydrogen) atoms. The van der Waals surface area contributed by atoms with Crippen LogP contribution in [0.25, 0.3) is 0 Å². The number of nitrogens with two attached hydrogens (primary N) is 1. The number of nitrogens with one attached hydrogen (secondary N) is 1. The van der Waals surface area contributed by atoms with Crippen molar-refractivity contribution in [2.24, 2.45) is 17.6 Å². The predicted molar refractivity (Wildman–Crippen MR) is 64.0 cm³/mol. The summed E-state index contributed by atoms with van der Waals surface area (Å²) in [6.45, 7) is 4.75. The molecule has 1 saturated carbocycles. The molecule has 1 rings (SSSR count). The predicted octanol–water partition coefficient (Wildman–Crippen LogP) is 0.901. The molecule has 3 atom stereocenters. The lowest BCUT2D eigenvalue weighted by Gasteiger charge is -2.23. The summed E-state index contributed by atoms with van der Waals surface area (Å²) in [6, 6.07) is 0.310. The number of hydrogen-bond acceptors (Lipinski definition) is 3. The van der Waals surface area contributed by atoms with E-state index in [1.165, 1.54) is 0 Å². The lowest BCUT2D eigenvalue weighted by molar-refractivity contribution is -0.126. The summed E-state index contributed by atoms with van der Waals surface area (Å²) in [6.07, 6.45) is 2.71. The molecule has 0 radical (unpaired) electrons. The van der Waals surface area contributed by atoms with Gasteiger partial charge in [-0.25, -0.2) is 0 Å². The molecule has 1 amide bonds. The van der Waals surface area contributed by atoms with Gasteiger partial charge in [-0.15, -0.1) is 0 Å². The Balaban J connectivity index is 2.42. The highest BCUT2D eigenvalue weighted by Gasteiger charge is 2.29. The van der Waals surface area contributed by atoms with Gasteiger partial charge < -0.3 is 15.8 Å². The van der Waals surface area contributed by atoms with Crippen LogP contribution in [0.4, 0.5) is 0 Å². The van der Waals surface area contributed by atoms with Gasteiger partial charge in [0, 0.05) is 19.1 Å². The highest BCUT2D eigenvalue weighted by molar-refractivity contribution is 5.79. The third-order valence-electron chi connectivity index (χ3n) is 3.32. The van der Waals surface area contributed by atoms with Gasteiger partial charge in [0.25, 0.3) is 0 Å². The Morgan fingerprint density at radius 1 is 1.50 bits per heavy atom. The van der Waals surface area contributed by atoms with Gasteiger partial charge in [-0.2, -0.15) is 0 Å². The molecule has 4 heteroatoms. The first-order valence-corrected chi connectivity index (χ1v) is 6.09. The Labute approximate surface area is 97.9 Å². The van der Waals surface area contributed by atoms with Gasteiger partial charge in [0.15, 0.2) is 0 Å². The molecule has 0 aliphatic heterocycles. The molecule has 1 aliphatic rings.